The highest BCUT2D eigenvalue weighted by Gasteiger charge is 2.26. The second-order valence-electron chi connectivity index (χ2n) is 7.48. The summed E-state index contributed by atoms with van der Waals surface area (Å²) in [6.07, 6.45) is 2.64. The fourth-order valence-corrected chi connectivity index (χ4v) is 5.13. The second-order valence-corrected chi connectivity index (χ2v) is 9.41. The Bertz CT molecular complexity index is 1110. The molecule has 2 heterocycles. The summed E-state index contributed by atoms with van der Waals surface area (Å²) in [7, 11) is -3.67. The van der Waals surface area contributed by atoms with Gasteiger partial charge in [-0.25, -0.2) is 13.2 Å². The number of carbonyl (C=O) groups is 2. The zero-order valence-electron chi connectivity index (χ0n) is 17.4. The highest BCUT2D eigenvalue weighted by molar-refractivity contribution is 7.89. The fourth-order valence-electron chi connectivity index (χ4n) is 3.57. The van der Waals surface area contributed by atoms with Gasteiger partial charge in [-0.3, -0.25) is 4.79 Å². The van der Waals surface area contributed by atoms with E-state index in [4.69, 9.17) is 14.2 Å². The number of benzene rings is 2. The van der Waals surface area contributed by atoms with E-state index in [1.54, 1.807) is 18.2 Å². The topological polar surface area (TPSA) is 111 Å². The molecule has 0 aromatic heterocycles. The van der Waals surface area contributed by atoms with Gasteiger partial charge >= 0.3 is 5.97 Å². The van der Waals surface area contributed by atoms with Crippen LogP contribution in [-0.2, 0) is 19.6 Å². The van der Waals surface area contributed by atoms with Gasteiger partial charge in [-0.2, -0.15) is 4.31 Å². The molecule has 0 spiro atoms. The van der Waals surface area contributed by atoms with Crippen LogP contribution >= 0.6 is 0 Å². The Kier molecular flexibility index (Phi) is 6.61. The summed E-state index contributed by atoms with van der Waals surface area (Å²) >= 11 is 0. The summed E-state index contributed by atoms with van der Waals surface area (Å²) in [5, 5.41) is 2.62. The molecule has 2 aromatic rings. The molecule has 0 radical (unpaired) electrons. The van der Waals surface area contributed by atoms with E-state index in [1.165, 1.54) is 28.6 Å². The van der Waals surface area contributed by atoms with Gasteiger partial charge in [0.2, 0.25) is 10.0 Å². The first-order valence-corrected chi connectivity index (χ1v) is 11.8. The molecule has 2 aromatic carbocycles. The van der Waals surface area contributed by atoms with Crippen LogP contribution in [0.5, 0.6) is 11.5 Å². The van der Waals surface area contributed by atoms with E-state index in [2.05, 4.69) is 5.32 Å². The number of amides is 1. The maximum Gasteiger partial charge on any atom is 0.338 e. The molecular formula is C22H24N2O7S. The molecule has 170 valence electrons. The van der Waals surface area contributed by atoms with Crippen LogP contribution in [0.3, 0.4) is 0 Å². The van der Waals surface area contributed by atoms with E-state index >= 15 is 0 Å². The first kappa shape index (κ1) is 22.1. The molecule has 32 heavy (non-hydrogen) atoms. The fraction of sp³-hybridized carbons (Fsp3) is 0.364. The van der Waals surface area contributed by atoms with E-state index in [1.807, 2.05) is 0 Å². The van der Waals surface area contributed by atoms with Crippen LogP contribution in [0.4, 0.5) is 5.69 Å². The van der Waals surface area contributed by atoms with Gasteiger partial charge < -0.3 is 19.5 Å². The number of hydrogen-bond acceptors (Lipinski definition) is 7. The van der Waals surface area contributed by atoms with Gasteiger partial charge in [0.15, 0.2) is 18.1 Å². The molecule has 2 aliphatic rings. The van der Waals surface area contributed by atoms with Crippen LogP contribution in [0.2, 0.25) is 0 Å². The van der Waals surface area contributed by atoms with Crippen molar-refractivity contribution in [1.29, 1.82) is 0 Å². The lowest BCUT2D eigenvalue weighted by Gasteiger charge is -2.25. The van der Waals surface area contributed by atoms with Crippen LogP contribution < -0.4 is 14.8 Å². The number of piperidine rings is 1. The molecule has 2 aliphatic heterocycles. The lowest BCUT2D eigenvalue weighted by Crippen LogP contribution is -2.35. The average molecular weight is 461 g/mol. The van der Waals surface area contributed by atoms with Crippen LogP contribution in [0.25, 0.3) is 0 Å². The van der Waals surface area contributed by atoms with Crippen molar-refractivity contribution in [2.75, 3.05) is 38.2 Å². The number of anilines is 1. The third kappa shape index (κ3) is 5.03. The first-order valence-electron chi connectivity index (χ1n) is 10.4. The van der Waals surface area contributed by atoms with Gasteiger partial charge in [-0.05, 0) is 43.2 Å². The van der Waals surface area contributed by atoms with Gasteiger partial charge in [-0.1, -0.05) is 12.5 Å². The molecular weight excluding hydrogens is 436 g/mol. The summed E-state index contributed by atoms with van der Waals surface area (Å²) in [6, 6.07) is 10.6. The lowest BCUT2D eigenvalue weighted by atomic mass is 10.2. The number of fused-ring (bicyclic) bond motifs is 1. The predicted molar refractivity (Wildman–Crippen MR) is 115 cm³/mol. The van der Waals surface area contributed by atoms with Gasteiger partial charge in [-0.15, -0.1) is 0 Å². The largest absolute Gasteiger partial charge is 0.486 e. The predicted octanol–water partition coefficient (Wildman–Crippen LogP) is 2.43. The SMILES string of the molecule is O=C(COC(=O)c1cccc(S(=O)(=O)N2CCCCC2)c1)Nc1ccc2c(c1)OCCO2. The highest BCUT2D eigenvalue weighted by atomic mass is 32.2. The minimum atomic E-state index is -3.67. The van der Waals surface area contributed by atoms with Crippen molar-refractivity contribution in [2.45, 2.75) is 24.2 Å². The number of rotatable bonds is 6. The molecule has 10 heteroatoms. The Labute approximate surface area is 186 Å². The number of hydrogen-bond donors (Lipinski definition) is 1. The standard InChI is InChI=1S/C22H24N2O7S/c25-21(23-17-7-8-19-20(14-17)30-12-11-29-19)15-31-22(26)16-5-4-6-18(13-16)32(27,28)24-9-2-1-3-10-24/h4-8,13-14H,1-3,9-12,15H2,(H,23,25). The number of ether oxygens (including phenoxy) is 3. The summed E-state index contributed by atoms with van der Waals surface area (Å²) in [5.74, 6) is -0.192. The van der Waals surface area contributed by atoms with Crippen molar-refractivity contribution < 1.29 is 32.2 Å². The van der Waals surface area contributed by atoms with Crippen molar-refractivity contribution >= 4 is 27.6 Å². The number of esters is 1. The van der Waals surface area contributed by atoms with E-state index in [0.29, 0.717) is 43.5 Å². The van der Waals surface area contributed by atoms with E-state index in [0.717, 1.165) is 19.3 Å². The summed E-state index contributed by atoms with van der Waals surface area (Å²) in [4.78, 5) is 24.6. The molecule has 9 nitrogen and oxygen atoms in total. The average Bonchev–Trinajstić information content (AvgIpc) is 2.83. The molecule has 0 atom stereocenters. The summed E-state index contributed by atoms with van der Waals surface area (Å²) in [5.41, 5.74) is 0.542. The van der Waals surface area contributed by atoms with Gasteiger partial charge in [0.25, 0.3) is 5.91 Å². The van der Waals surface area contributed by atoms with Crippen molar-refractivity contribution in [3.63, 3.8) is 0 Å². The maximum atomic E-state index is 12.8. The maximum absolute atomic E-state index is 12.8. The minimum absolute atomic E-state index is 0.0366. The molecule has 0 saturated carbocycles. The van der Waals surface area contributed by atoms with Crippen LogP contribution in [-0.4, -0.2) is 57.5 Å². The number of nitrogens with one attached hydrogen (secondary N) is 1. The van der Waals surface area contributed by atoms with E-state index in [9.17, 15) is 18.0 Å². The first-order chi connectivity index (χ1) is 15.4. The molecule has 1 fully saturated rings. The lowest BCUT2D eigenvalue weighted by molar-refractivity contribution is -0.119. The van der Waals surface area contributed by atoms with Crippen molar-refractivity contribution in [3.05, 3.63) is 48.0 Å². The summed E-state index contributed by atoms with van der Waals surface area (Å²) in [6.45, 7) is 1.31. The second kappa shape index (κ2) is 9.58. The summed E-state index contributed by atoms with van der Waals surface area (Å²) < 4.78 is 43.1. The van der Waals surface area contributed by atoms with Crippen molar-refractivity contribution in [2.24, 2.45) is 0 Å². The minimum Gasteiger partial charge on any atom is -0.486 e. The van der Waals surface area contributed by atoms with Crippen molar-refractivity contribution in [3.8, 4) is 11.5 Å². The highest BCUT2D eigenvalue weighted by Crippen LogP contribution is 2.32. The van der Waals surface area contributed by atoms with Crippen LogP contribution in [0, 0.1) is 0 Å². The quantitative estimate of drug-likeness (QED) is 0.659. The Hall–Kier alpha value is -3.11. The molecule has 0 unspecified atom stereocenters. The van der Waals surface area contributed by atoms with Crippen LogP contribution in [0.1, 0.15) is 29.6 Å². The van der Waals surface area contributed by atoms with E-state index in [-0.39, 0.29) is 10.5 Å². The molecule has 0 bridgehead atoms. The zero-order chi connectivity index (χ0) is 22.6. The Balaban J connectivity index is 1.36. The van der Waals surface area contributed by atoms with E-state index < -0.39 is 28.5 Å². The van der Waals surface area contributed by atoms with Crippen molar-refractivity contribution in [1.82, 2.24) is 4.31 Å². The molecule has 1 amide bonds. The Morgan fingerprint density at radius 3 is 2.50 bits per heavy atom. The molecule has 1 saturated heterocycles. The number of sulfonamides is 1. The monoisotopic (exact) mass is 460 g/mol. The normalized spacial score (nSPS) is 16.2. The van der Waals surface area contributed by atoms with Gasteiger partial charge in [0.05, 0.1) is 10.5 Å². The zero-order valence-corrected chi connectivity index (χ0v) is 18.2. The smallest absolute Gasteiger partial charge is 0.338 e. The Morgan fingerprint density at radius 1 is 0.969 bits per heavy atom. The van der Waals surface area contributed by atoms with Gasteiger partial charge in [0, 0.05) is 24.8 Å². The number of nitrogens with zero attached hydrogens (tertiary/aromatic N) is 1. The third-order valence-electron chi connectivity index (χ3n) is 5.18. The van der Waals surface area contributed by atoms with Gasteiger partial charge in [0.1, 0.15) is 13.2 Å². The molecule has 4 rings (SSSR count). The number of carbonyl (C=O) groups excluding carboxylic acids is 2. The molecule has 1 N–H and O–H groups in total. The third-order valence-corrected chi connectivity index (χ3v) is 7.08. The molecule has 0 aliphatic carbocycles. The Morgan fingerprint density at radius 2 is 1.72 bits per heavy atom. The van der Waals surface area contributed by atoms with Crippen LogP contribution in [0.15, 0.2) is 47.4 Å².